The summed E-state index contributed by atoms with van der Waals surface area (Å²) in [5, 5.41) is 5.58. The van der Waals surface area contributed by atoms with E-state index in [1.807, 2.05) is 32.0 Å². The van der Waals surface area contributed by atoms with Crippen molar-refractivity contribution in [2.75, 3.05) is 32.1 Å². The highest BCUT2D eigenvalue weighted by atomic mass is 16.5. The quantitative estimate of drug-likeness (QED) is 0.771. The summed E-state index contributed by atoms with van der Waals surface area (Å²) in [6.45, 7) is 4.88. The first-order valence-electron chi connectivity index (χ1n) is 7.86. The van der Waals surface area contributed by atoms with Gasteiger partial charge < -0.3 is 15.4 Å². The molecule has 2 rings (SSSR count). The molecule has 1 atom stereocenters. The third-order valence-electron chi connectivity index (χ3n) is 4.04. The molecule has 1 heterocycles. The number of aryl methyl sites for hydroxylation is 2. The van der Waals surface area contributed by atoms with Crippen molar-refractivity contribution in [1.82, 2.24) is 10.2 Å². The molecule has 0 bridgehead atoms. The average molecular weight is 333 g/mol. The van der Waals surface area contributed by atoms with Crippen LogP contribution in [0.5, 0.6) is 0 Å². The lowest BCUT2D eigenvalue weighted by Crippen LogP contribution is -2.57. The molecule has 7 heteroatoms. The fraction of sp³-hybridized carbons (Fsp3) is 0.471. The highest BCUT2D eigenvalue weighted by molar-refractivity contribution is 5.94. The Bertz CT molecular complexity index is 645. The van der Waals surface area contributed by atoms with Gasteiger partial charge in [0.05, 0.1) is 20.1 Å². The number of esters is 1. The van der Waals surface area contributed by atoms with Crippen molar-refractivity contribution in [3.63, 3.8) is 0 Å². The van der Waals surface area contributed by atoms with Gasteiger partial charge in [0.15, 0.2) is 0 Å². The average Bonchev–Trinajstić information content (AvgIpc) is 2.54. The second-order valence-corrected chi connectivity index (χ2v) is 5.92. The lowest BCUT2D eigenvalue weighted by Gasteiger charge is -2.33. The molecule has 7 nitrogen and oxygen atoms in total. The number of carbonyl (C=O) groups is 3. The topological polar surface area (TPSA) is 87.7 Å². The Balaban J connectivity index is 2.03. The van der Waals surface area contributed by atoms with E-state index in [9.17, 15) is 14.4 Å². The zero-order valence-electron chi connectivity index (χ0n) is 14.2. The van der Waals surface area contributed by atoms with Gasteiger partial charge in [-0.3, -0.25) is 19.3 Å². The summed E-state index contributed by atoms with van der Waals surface area (Å²) in [4.78, 5) is 37.6. The van der Waals surface area contributed by atoms with Crippen LogP contribution in [0.2, 0.25) is 0 Å². The van der Waals surface area contributed by atoms with E-state index in [2.05, 4.69) is 15.4 Å². The van der Waals surface area contributed by atoms with Gasteiger partial charge in [0.25, 0.3) is 0 Å². The van der Waals surface area contributed by atoms with Crippen molar-refractivity contribution in [1.29, 1.82) is 0 Å². The molecule has 0 aliphatic carbocycles. The smallest absolute Gasteiger partial charge is 0.307 e. The number of methoxy groups -OCH3 is 1. The molecule has 1 saturated heterocycles. The Labute approximate surface area is 141 Å². The molecule has 1 aliphatic heterocycles. The van der Waals surface area contributed by atoms with Crippen LogP contribution >= 0.6 is 0 Å². The van der Waals surface area contributed by atoms with Gasteiger partial charge >= 0.3 is 5.97 Å². The van der Waals surface area contributed by atoms with Crippen LogP contribution in [0.3, 0.4) is 0 Å². The summed E-state index contributed by atoms with van der Waals surface area (Å²) >= 11 is 0. The van der Waals surface area contributed by atoms with Crippen molar-refractivity contribution in [3.8, 4) is 0 Å². The maximum Gasteiger partial charge on any atom is 0.307 e. The van der Waals surface area contributed by atoms with Crippen molar-refractivity contribution < 1.29 is 19.1 Å². The Hall–Kier alpha value is -2.41. The SMILES string of the molecule is COC(=O)C[C@@H]1C(=O)NCCN1CC(=O)Nc1cc(C)ccc1C. The molecule has 1 aliphatic rings. The lowest BCUT2D eigenvalue weighted by atomic mass is 10.1. The number of piperazine rings is 1. The van der Waals surface area contributed by atoms with Crippen LogP contribution in [0.1, 0.15) is 17.5 Å². The summed E-state index contributed by atoms with van der Waals surface area (Å²) in [6, 6.07) is 5.14. The van der Waals surface area contributed by atoms with Gasteiger partial charge in [0, 0.05) is 18.8 Å². The zero-order valence-corrected chi connectivity index (χ0v) is 14.2. The molecule has 0 saturated carbocycles. The molecule has 2 amide bonds. The van der Waals surface area contributed by atoms with Crippen molar-refractivity contribution in [3.05, 3.63) is 29.3 Å². The van der Waals surface area contributed by atoms with Gasteiger partial charge in [-0.05, 0) is 31.0 Å². The molecule has 130 valence electrons. The third-order valence-corrected chi connectivity index (χ3v) is 4.04. The highest BCUT2D eigenvalue weighted by Gasteiger charge is 2.33. The summed E-state index contributed by atoms with van der Waals surface area (Å²) < 4.78 is 4.63. The Morgan fingerprint density at radius 1 is 1.38 bits per heavy atom. The second-order valence-electron chi connectivity index (χ2n) is 5.92. The van der Waals surface area contributed by atoms with Crippen LogP contribution in [-0.4, -0.2) is 55.5 Å². The van der Waals surface area contributed by atoms with Crippen LogP contribution < -0.4 is 10.6 Å². The van der Waals surface area contributed by atoms with Crippen LogP contribution in [0.15, 0.2) is 18.2 Å². The molecule has 0 radical (unpaired) electrons. The molecule has 0 unspecified atom stereocenters. The number of nitrogens with zero attached hydrogens (tertiary/aromatic N) is 1. The Kier molecular flexibility index (Phi) is 5.92. The monoisotopic (exact) mass is 333 g/mol. The normalized spacial score (nSPS) is 18.0. The number of hydrogen-bond donors (Lipinski definition) is 2. The predicted molar refractivity (Wildman–Crippen MR) is 89.5 cm³/mol. The number of hydrogen-bond acceptors (Lipinski definition) is 5. The van der Waals surface area contributed by atoms with Crippen LogP contribution in [0.4, 0.5) is 5.69 Å². The third kappa shape index (κ3) is 4.55. The molecule has 2 N–H and O–H groups in total. The maximum absolute atomic E-state index is 12.4. The second kappa shape index (κ2) is 7.92. The molecule has 1 aromatic carbocycles. The molecule has 0 spiro atoms. The van der Waals surface area contributed by atoms with E-state index in [-0.39, 0.29) is 24.8 Å². The van der Waals surface area contributed by atoms with Crippen LogP contribution in [0.25, 0.3) is 0 Å². The molecule has 24 heavy (non-hydrogen) atoms. The maximum atomic E-state index is 12.4. The summed E-state index contributed by atoms with van der Waals surface area (Å²) in [5.41, 5.74) is 2.78. The van der Waals surface area contributed by atoms with Gasteiger partial charge in [0.1, 0.15) is 6.04 Å². The minimum atomic E-state index is -0.685. The van der Waals surface area contributed by atoms with Gasteiger partial charge in [-0.25, -0.2) is 0 Å². The fourth-order valence-electron chi connectivity index (χ4n) is 2.66. The van der Waals surface area contributed by atoms with E-state index >= 15 is 0 Å². The van der Waals surface area contributed by atoms with Crippen molar-refractivity contribution >= 4 is 23.5 Å². The number of nitrogens with one attached hydrogen (secondary N) is 2. The minimum absolute atomic E-state index is 0.0441. The van der Waals surface area contributed by atoms with Crippen molar-refractivity contribution in [2.24, 2.45) is 0 Å². The summed E-state index contributed by atoms with van der Waals surface area (Å²) in [7, 11) is 1.28. The van der Waals surface area contributed by atoms with E-state index < -0.39 is 12.0 Å². The van der Waals surface area contributed by atoms with Crippen molar-refractivity contribution in [2.45, 2.75) is 26.3 Å². The largest absolute Gasteiger partial charge is 0.469 e. The standard InChI is InChI=1S/C17H23N3O4/c1-11-4-5-12(2)13(8-11)19-15(21)10-20-7-6-18-17(23)14(20)9-16(22)24-3/h4-5,8,14H,6-7,9-10H2,1-3H3,(H,18,23)(H,19,21)/t14-/m1/s1. The molecule has 1 aromatic rings. The first kappa shape index (κ1) is 17.9. The van der Waals surface area contributed by atoms with E-state index in [0.29, 0.717) is 13.1 Å². The number of rotatable bonds is 5. The first-order valence-corrected chi connectivity index (χ1v) is 7.86. The van der Waals surface area contributed by atoms with Gasteiger partial charge in [-0.2, -0.15) is 0 Å². The van der Waals surface area contributed by atoms with E-state index in [4.69, 9.17) is 0 Å². The molecular weight excluding hydrogens is 310 g/mol. The van der Waals surface area contributed by atoms with E-state index in [1.54, 1.807) is 4.90 Å². The van der Waals surface area contributed by atoms with Gasteiger partial charge in [0.2, 0.25) is 11.8 Å². The van der Waals surface area contributed by atoms with E-state index in [1.165, 1.54) is 7.11 Å². The number of carbonyl (C=O) groups excluding carboxylic acids is 3. The number of amides is 2. The predicted octanol–water partition coefficient (Wildman–Crippen LogP) is 0.605. The number of anilines is 1. The number of ether oxygens (including phenoxy) is 1. The summed E-state index contributed by atoms with van der Waals surface area (Å²) in [5.74, 6) is -0.948. The lowest BCUT2D eigenvalue weighted by molar-refractivity contribution is -0.146. The molecule has 0 aromatic heterocycles. The molecular formula is C17H23N3O4. The van der Waals surface area contributed by atoms with Gasteiger partial charge in [-0.1, -0.05) is 12.1 Å². The minimum Gasteiger partial charge on any atom is -0.469 e. The Morgan fingerprint density at radius 3 is 2.83 bits per heavy atom. The fourth-order valence-corrected chi connectivity index (χ4v) is 2.66. The first-order chi connectivity index (χ1) is 11.4. The van der Waals surface area contributed by atoms with Crippen LogP contribution in [0, 0.1) is 13.8 Å². The van der Waals surface area contributed by atoms with E-state index in [0.717, 1.165) is 16.8 Å². The number of benzene rings is 1. The zero-order chi connectivity index (χ0) is 17.7. The molecule has 1 fully saturated rings. The Morgan fingerprint density at radius 2 is 2.12 bits per heavy atom. The van der Waals surface area contributed by atoms with Gasteiger partial charge in [-0.15, -0.1) is 0 Å². The summed E-state index contributed by atoms with van der Waals surface area (Å²) in [6.07, 6.45) is -0.0704. The highest BCUT2D eigenvalue weighted by Crippen LogP contribution is 2.17. The van der Waals surface area contributed by atoms with Crippen LogP contribution in [-0.2, 0) is 19.1 Å².